The zero-order chi connectivity index (χ0) is 10.7. The van der Waals surface area contributed by atoms with Crippen molar-refractivity contribution < 1.29 is 0 Å². The maximum Gasteiger partial charge on any atom is 0.138 e. The number of rotatable bonds is 2. The molecule has 16 heavy (non-hydrogen) atoms. The molecule has 86 valence electrons. The Balaban J connectivity index is 1.71. The zero-order valence-electron chi connectivity index (χ0n) is 9.42. The lowest BCUT2D eigenvalue weighted by Gasteiger charge is -2.27. The summed E-state index contributed by atoms with van der Waals surface area (Å²) in [5.41, 5.74) is 6.36. The first-order valence-corrected chi connectivity index (χ1v) is 6.49. The van der Waals surface area contributed by atoms with Crippen LogP contribution in [0.15, 0.2) is 6.33 Å². The van der Waals surface area contributed by atoms with Crippen molar-refractivity contribution >= 4 is 0 Å². The maximum atomic E-state index is 6.36. The monoisotopic (exact) mass is 218 g/mol. The number of nitrogens with two attached hydrogens (primary N) is 1. The highest BCUT2D eigenvalue weighted by Gasteiger charge is 2.48. The van der Waals surface area contributed by atoms with Crippen LogP contribution >= 0.6 is 0 Å². The lowest BCUT2D eigenvalue weighted by Crippen LogP contribution is -2.35. The second-order valence-corrected chi connectivity index (χ2v) is 5.76. The number of hydrogen-bond donors (Lipinski definition) is 1. The Hall–Kier alpha value is -0.900. The Morgan fingerprint density at radius 2 is 2.00 bits per heavy atom. The molecule has 1 heterocycles. The van der Waals surface area contributed by atoms with E-state index in [1.807, 2.05) is 6.33 Å². The molecule has 4 heteroatoms. The van der Waals surface area contributed by atoms with E-state index in [2.05, 4.69) is 14.8 Å². The van der Waals surface area contributed by atoms with Gasteiger partial charge in [0, 0.05) is 18.0 Å². The number of aromatic nitrogens is 3. The van der Waals surface area contributed by atoms with Gasteiger partial charge in [-0.05, 0) is 43.9 Å². The van der Waals surface area contributed by atoms with Crippen molar-refractivity contribution in [3.05, 3.63) is 12.2 Å². The molecule has 3 aliphatic carbocycles. The maximum absolute atomic E-state index is 6.36. The molecular weight excluding hydrogens is 200 g/mol. The fourth-order valence-corrected chi connectivity index (χ4v) is 3.84. The number of hydrogen-bond acceptors (Lipinski definition) is 3. The van der Waals surface area contributed by atoms with Crippen LogP contribution in [0.3, 0.4) is 0 Å². The van der Waals surface area contributed by atoms with E-state index in [0.29, 0.717) is 18.0 Å². The van der Waals surface area contributed by atoms with Gasteiger partial charge < -0.3 is 10.3 Å². The summed E-state index contributed by atoms with van der Waals surface area (Å²) in [6.45, 7) is 0. The van der Waals surface area contributed by atoms with E-state index < -0.39 is 0 Å². The molecule has 2 bridgehead atoms. The molecule has 3 fully saturated rings. The zero-order valence-corrected chi connectivity index (χ0v) is 9.42. The van der Waals surface area contributed by atoms with Crippen LogP contribution in [0.1, 0.15) is 49.9 Å². The van der Waals surface area contributed by atoms with Gasteiger partial charge in [0.25, 0.3) is 0 Å². The summed E-state index contributed by atoms with van der Waals surface area (Å²) in [5, 5.41) is 8.46. The van der Waals surface area contributed by atoms with Crippen molar-refractivity contribution in [2.75, 3.05) is 0 Å². The topological polar surface area (TPSA) is 56.7 Å². The quantitative estimate of drug-likeness (QED) is 0.817. The molecule has 0 spiro atoms. The van der Waals surface area contributed by atoms with Crippen LogP contribution in [0.25, 0.3) is 0 Å². The summed E-state index contributed by atoms with van der Waals surface area (Å²) in [7, 11) is 0. The largest absolute Gasteiger partial charge is 0.327 e. The summed E-state index contributed by atoms with van der Waals surface area (Å²) in [5.74, 6) is 3.20. The third-order valence-electron chi connectivity index (χ3n) is 4.82. The van der Waals surface area contributed by atoms with Gasteiger partial charge in [0.1, 0.15) is 12.2 Å². The standard InChI is InChI=1S/C12H18N4/c13-11-8-2-1-7(5-8)10(11)12-15-14-6-16(12)9-3-4-9/h6-11H,1-5,13H2. The molecule has 4 rings (SSSR count). The van der Waals surface area contributed by atoms with Gasteiger partial charge in [-0.3, -0.25) is 0 Å². The molecule has 0 amide bonds. The summed E-state index contributed by atoms with van der Waals surface area (Å²) in [4.78, 5) is 0. The molecule has 3 saturated carbocycles. The predicted molar refractivity (Wildman–Crippen MR) is 59.8 cm³/mol. The molecule has 4 atom stereocenters. The van der Waals surface area contributed by atoms with Crippen molar-refractivity contribution in [2.45, 2.75) is 50.1 Å². The first-order valence-electron chi connectivity index (χ1n) is 6.49. The Bertz CT molecular complexity index is 407. The number of fused-ring (bicyclic) bond motifs is 2. The molecule has 1 aromatic heterocycles. The van der Waals surface area contributed by atoms with Gasteiger partial charge in [-0.1, -0.05) is 0 Å². The summed E-state index contributed by atoms with van der Waals surface area (Å²) in [6.07, 6.45) is 8.50. The number of nitrogens with zero attached hydrogens (tertiary/aromatic N) is 3. The molecule has 4 unspecified atom stereocenters. The van der Waals surface area contributed by atoms with E-state index >= 15 is 0 Å². The summed E-state index contributed by atoms with van der Waals surface area (Å²) >= 11 is 0. The van der Waals surface area contributed by atoms with Gasteiger partial charge in [0.2, 0.25) is 0 Å². The first-order chi connectivity index (χ1) is 7.84. The SMILES string of the molecule is NC1C2CCC(C2)C1c1nncn1C1CC1. The van der Waals surface area contributed by atoms with Crippen LogP contribution in [0.5, 0.6) is 0 Å². The molecular formula is C12H18N4. The van der Waals surface area contributed by atoms with Gasteiger partial charge in [-0.15, -0.1) is 10.2 Å². The molecule has 4 nitrogen and oxygen atoms in total. The van der Waals surface area contributed by atoms with Crippen LogP contribution in [0.4, 0.5) is 0 Å². The van der Waals surface area contributed by atoms with Gasteiger partial charge in [-0.2, -0.15) is 0 Å². The van der Waals surface area contributed by atoms with Crippen molar-refractivity contribution in [3.8, 4) is 0 Å². The van der Waals surface area contributed by atoms with E-state index in [1.54, 1.807) is 0 Å². The average molecular weight is 218 g/mol. The van der Waals surface area contributed by atoms with Crippen molar-refractivity contribution in [1.29, 1.82) is 0 Å². The van der Waals surface area contributed by atoms with Crippen molar-refractivity contribution in [2.24, 2.45) is 17.6 Å². The van der Waals surface area contributed by atoms with Gasteiger partial charge in [-0.25, -0.2) is 0 Å². The van der Waals surface area contributed by atoms with Gasteiger partial charge in [0.05, 0.1) is 0 Å². The normalized spacial score (nSPS) is 41.8. The van der Waals surface area contributed by atoms with Crippen LogP contribution in [0, 0.1) is 11.8 Å². The minimum absolute atomic E-state index is 0.334. The third kappa shape index (κ3) is 1.14. The summed E-state index contributed by atoms with van der Waals surface area (Å²) < 4.78 is 2.30. The van der Waals surface area contributed by atoms with Crippen LogP contribution in [0.2, 0.25) is 0 Å². The van der Waals surface area contributed by atoms with Gasteiger partial charge in [0.15, 0.2) is 0 Å². The highest BCUT2D eigenvalue weighted by atomic mass is 15.3. The van der Waals surface area contributed by atoms with E-state index in [1.165, 1.54) is 37.9 Å². The highest BCUT2D eigenvalue weighted by molar-refractivity contribution is 5.14. The highest BCUT2D eigenvalue weighted by Crippen LogP contribution is 2.52. The molecule has 0 saturated heterocycles. The summed E-state index contributed by atoms with van der Waals surface area (Å²) in [6, 6.07) is 1.01. The molecule has 2 N–H and O–H groups in total. The van der Waals surface area contributed by atoms with Crippen molar-refractivity contribution in [3.63, 3.8) is 0 Å². The molecule has 0 radical (unpaired) electrons. The second kappa shape index (κ2) is 3.06. The minimum Gasteiger partial charge on any atom is -0.327 e. The Morgan fingerprint density at radius 3 is 2.69 bits per heavy atom. The Labute approximate surface area is 95.2 Å². The minimum atomic E-state index is 0.334. The first kappa shape index (κ1) is 9.16. The fraction of sp³-hybridized carbons (Fsp3) is 0.833. The predicted octanol–water partition coefficient (Wildman–Crippen LogP) is 1.45. The van der Waals surface area contributed by atoms with Crippen LogP contribution in [-0.2, 0) is 0 Å². The van der Waals surface area contributed by atoms with E-state index in [4.69, 9.17) is 5.73 Å². The van der Waals surface area contributed by atoms with E-state index in [-0.39, 0.29) is 0 Å². The lowest BCUT2D eigenvalue weighted by atomic mass is 9.84. The molecule has 0 aromatic carbocycles. The van der Waals surface area contributed by atoms with Crippen LogP contribution in [-0.4, -0.2) is 20.8 Å². The van der Waals surface area contributed by atoms with E-state index in [0.717, 1.165) is 11.8 Å². The van der Waals surface area contributed by atoms with Crippen LogP contribution < -0.4 is 5.73 Å². The fourth-order valence-electron chi connectivity index (χ4n) is 3.84. The smallest absolute Gasteiger partial charge is 0.138 e. The average Bonchev–Trinajstić information content (AvgIpc) is 2.77. The Kier molecular flexibility index (Phi) is 1.76. The molecule has 0 aliphatic heterocycles. The Morgan fingerprint density at radius 1 is 1.19 bits per heavy atom. The second-order valence-electron chi connectivity index (χ2n) is 5.76. The van der Waals surface area contributed by atoms with Gasteiger partial charge >= 0.3 is 0 Å². The van der Waals surface area contributed by atoms with E-state index in [9.17, 15) is 0 Å². The van der Waals surface area contributed by atoms with Crippen molar-refractivity contribution in [1.82, 2.24) is 14.8 Å². The third-order valence-corrected chi connectivity index (χ3v) is 4.82. The molecule has 1 aromatic rings. The lowest BCUT2D eigenvalue weighted by molar-refractivity contribution is 0.345. The molecule has 3 aliphatic rings.